The highest BCUT2D eigenvalue weighted by molar-refractivity contribution is 5.66. The minimum Gasteiger partial charge on any atom is -0.391 e. The highest BCUT2D eigenvalue weighted by Crippen LogP contribution is 2.19. The maximum atomic E-state index is 9.57. The van der Waals surface area contributed by atoms with Crippen molar-refractivity contribution in [3.05, 3.63) is 0 Å². The molecule has 3 unspecified atom stereocenters. The van der Waals surface area contributed by atoms with Crippen LogP contribution in [0.3, 0.4) is 0 Å². The molecule has 1 fully saturated rings. The quantitative estimate of drug-likeness (QED) is 0.580. The van der Waals surface area contributed by atoms with Crippen LogP contribution in [0.4, 0.5) is 0 Å². The topological polar surface area (TPSA) is 61.8 Å². The molecule has 2 rings (SSSR count). The molecule has 0 radical (unpaired) electrons. The van der Waals surface area contributed by atoms with Crippen LogP contribution in [-0.2, 0) is 0 Å². The van der Waals surface area contributed by atoms with Gasteiger partial charge in [-0.05, 0) is 12.8 Å². The molecule has 2 aliphatic heterocycles. The summed E-state index contributed by atoms with van der Waals surface area (Å²) in [5.74, 6) is 0. The summed E-state index contributed by atoms with van der Waals surface area (Å²) in [5.41, 5.74) is 5.62. The SMILES string of the molecule is NC1C=NC(N2CCCC2)CC1O. The average molecular weight is 183 g/mol. The van der Waals surface area contributed by atoms with E-state index in [1.165, 1.54) is 12.8 Å². The molecule has 13 heavy (non-hydrogen) atoms. The standard InChI is InChI=1S/C9H17N3O/c10-7-6-11-9(5-8(7)13)12-3-1-2-4-12/h6-9,13H,1-5,10H2. The molecule has 3 N–H and O–H groups in total. The van der Waals surface area contributed by atoms with Gasteiger partial charge >= 0.3 is 0 Å². The lowest BCUT2D eigenvalue weighted by Gasteiger charge is -2.30. The second-order valence-corrected chi connectivity index (χ2v) is 3.90. The van der Waals surface area contributed by atoms with Crippen LogP contribution >= 0.6 is 0 Å². The molecule has 74 valence electrons. The number of hydrogen-bond acceptors (Lipinski definition) is 4. The highest BCUT2D eigenvalue weighted by atomic mass is 16.3. The van der Waals surface area contributed by atoms with E-state index in [4.69, 9.17) is 5.73 Å². The van der Waals surface area contributed by atoms with Crippen LogP contribution in [0.5, 0.6) is 0 Å². The molecule has 0 aromatic heterocycles. The van der Waals surface area contributed by atoms with E-state index in [2.05, 4.69) is 9.89 Å². The van der Waals surface area contributed by atoms with Gasteiger partial charge in [0.05, 0.1) is 12.1 Å². The monoisotopic (exact) mass is 183 g/mol. The van der Waals surface area contributed by atoms with Gasteiger partial charge in [-0.1, -0.05) is 0 Å². The zero-order valence-electron chi connectivity index (χ0n) is 7.76. The van der Waals surface area contributed by atoms with E-state index < -0.39 is 6.10 Å². The molecule has 0 aromatic carbocycles. The molecule has 2 aliphatic rings. The Morgan fingerprint density at radius 3 is 2.69 bits per heavy atom. The largest absolute Gasteiger partial charge is 0.391 e. The fourth-order valence-corrected chi connectivity index (χ4v) is 2.02. The van der Waals surface area contributed by atoms with Crippen molar-refractivity contribution in [3.63, 3.8) is 0 Å². The number of hydrogen-bond donors (Lipinski definition) is 2. The van der Waals surface area contributed by atoms with E-state index in [0.717, 1.165) is 13.1 Å². The highest BCUT2D eigenvalue weighted by Gasteiger charge is 2.28. The normalized spacial score (nSPS) is 41.2. The molecule has 0 aromatic rings. The molecule has 0 saturated carbocycles. The van der Waals surface area contributed by atoms with Crippen molar-refractivity contribution in [1.29, 1.82) is 0 Å². The van der Waals surface area contributed by atoms with Gasteiger partial charge in [-0.3, -0.25) is 9.89 Å². The van der Waals surface area contributed by atoms with Crippen molar-refractivity contribution < 1.29 is 5.11 Å². The van der Waals surface area contributed by atoms with Crippen LogP contribution in [-0.4, -0.2) is 47.6 Å². The summed E-state index contributed by atoms with van der Waals surface area (Å²) in [4.78, 5) is 6.68. The molecule has 0 aliphatic carbocycles. The van der Waals surface area contributed by atoms with Gasteiger partial charge in [0, 0.05) is 25.7 Å². The van der Waals surface area contributed by atoms with Crippen molar-refractivity contribution in [2.24, 2.45) is 10.7 Å². The van der Waals surface area contributed by atoms with Gasteiger partial charge < -0.3 is 10.8 Å². The van der Waals surface area contributed by atoms with E-state index in [0.29, 0.717) is 6.42 Å². The Hall–Kier alpha value is -0.450. The zero-order valence-corrected chi connectivity index (χ0v) is 7.76. The number of nitrogens with zero attached hydrogens (tertiary/aromatic N) is 2. The fourth-order valence-electron chi connectivity index (χ4n) is 2.02. The molecule has 3 atom stereocenters. The first-order chi connectivity index (χ1) is 6.27. The summed E-state index contributed by atoms with van der Waals surface area (Å²) < 4.78 is 0. The molecule has 1 saturated heterocycles. The Balaban J connectivity index is 1.97. The number of nitrogens with two attached hydrogens (primary N) is 1. The van der Waals surface area contributed by atoms with Gasteiger partial charge in [-0.2, -0.15) is 0 Å². The first kappa shape index (κ1) is 9.12. The Kier molecular flexibility index (Phi) is 2.62. The lowest BCUT2D eigenvalue weighted by atomic mass is 10.0. The Bertz CT molecular complexity index is 201. The van der Waals surface area contributed by atoms with Crippen molar-refractivity contribution >= 4 is 6.21 Å². The number of likely N-dealkylation sites (tertiary alicyclic amines) is 1. The van der Waals surface area contributed by atoms with Gasteiger partial charge in [0.15, 0.2) is 0 Å². The maximum absolute atomic E-state index is 9.57. The molecular formula is C9H17N3O. The molecule has 4 nitrogen and oxygen atoms in total. The smallest absolute Gasteiger partial charge is 0.104 e. The third-order valence-electron chi connectivity index (χ3n) is 2.89. The van der Waals surface area contributed by atoms with Gasteiger partial charge in [0.25, 0.3) is 0 Å². The first-order valence-corrected chi connectivity index (χ1v) is 4.98. The minimum absolute atomic E-state index is 0.178. The van der Waals surface area contributed by atoms with Crippen LogP contribution in [0.2, 0.25) is 0 Å². The number of aliphatic hydroxyl groups excluding tert-OH is 1. The molecule has 2 heterocycles. The van der Waals surface area contributed by atoms with Crippen LogP contribution in [0.25, 0.3) is 0 Å². The Labute approximate surface area is 78.4 Å². The lowest BCUT2D eigenvalue weighted by Crippen LogP contribution is -2.46. The van der Waals surface area contributed by atoms with E-state index >= 15 is 0 Å². The summed E-state index contributed by atoms with van der Waals surface area (Å²) in [7, 11) is 0. The zero-order chi connectivity index (χ0) is 9.26. The molecular weight excluding hydrogens is 166 g/mol. The van der Waals surface area contributed by atoms with Crippen molar-refractivity contribution in [1.82, 2.24) is 4.90 Å². The van der Waals surface area contributed by atoms with E-state index in [1.807, 2.05) is 0 Å². The lowest BCUT2D eigenvalue weighted by molar-refractivity contribution is 0.102. The van der Waals surface area contributed by atoms with Crippen LogP contribution in [0.15, 0.2) is 4.99 Å². The predicted octanol–water partition coefficient (Wildman–Crippen LogP) is -0.429. The van der Waals surface area contributed by atoms with Gasteiger partial charge in [0.2, 0.25) is 0 Å². The third-order valence-corrected chi connectivity index (χ3v) is 2.89. The third kappa shape index (κ3) is 1.90. The minimum atomic E-state index is -0.414. The summed E-state index contributed by atoms with van der Waals surface area (Å²) in [6.45, 7) is 2.23. The summed E-state index contributed by atoms with van der Waals surface area (Å²) >= 11 is 0. The summed E-state index contributed by atoms with van der Waals surface area (Å²) in [6, 6.07) is -0.265. The maximum Gasteiger partial charge on any atom is 0.104 e. The van der Waals surface area contributed by atoms with Crippen LogP contribution in [0, 0.1) is 0 Å². The van der Waals surface area contributed by atoms with E-state index in [1.54, 1.807) is 6.21 Å². The van der Waals surface area contributed by atoms with Crippen LogP contribution < -0.4 is 5.73 Å². The number of aliphatic imine (C=N–C) groups is 1. The molecule has 0 amide bonds. The van der Waals surface area contributed by atoms with Crippen molar-refractivity contribution in [2.45, 2.75) is 37.6 Å². The number of aliphatic hydroxyl groups is 1. The molecule has 4 heteroatoms. The van der Waals surface area contributed by atoms with Gasteiger partial charge in [0.1, 0.15) is 6.17 Å². The van der Waals surface area contributed by atoms with Gasteiger partial charge in [-0.15, -0.1) is 0 Å². The molecule has 0 bridgehead atoms. The second-order valence-electron chi connectivity index (χ2n) is 3.90. The first-order valence-electron chi connectivity index (χ1n) is 4.98. The number of rotatable bonds is 1. The van der Waals surface area contributed by atoms with E-state index in [-0.39, 0.29) is 12.2 Å². The second kappa shape index (κ2) is 3.74. The Morgan fingerprint density at radius 2 is 2.08 bits per heavy atom. The Morgan fingerprint density at radius 1 is 1.38 bits per heavy atom. The van der Waals surface area contributed by atoms with Crippen LogP contribution in [0.1, 0.15) is 19.3 Å². The summed E-state index contributed by atoms with van der Waals surface area (Å²) in [6.07, 6.45) is 4.66. The summed E-state index contributed by atoms with van der Waals surface area (Å²) in [5, 5.41) is 9.57. The predicted molar refractivity (Wildman–Crippen MR) is 51.7 cm³/mol. The molecule has 0 spiro atoms. The average Bonchev–Trinajstić information content (AvgIpc) is 2.62. The van der Waals surface area contributed by atoms with Crippen molar-refractivity contribution in [3.8, 4) is 0 Å². The fraction of sp³-hybridized carbons (Fsp3) is 0.889. The van der Waals surface area contributed by atoms with Crippen molar-refractivity contribution in [2.75, 3.05) is 13.1 Å². The van der Waals surface area contributed by atoms with E-state index in [9.17, 15) is 5.11 Å². The van der Waals surface area contributed by atoms with Gasteiger partial charge in [-0.25, -0.2) is 0 Å².